The second-order valence-corrected chi connectivity index (χ2v) is 5.51. The number of hydrogen-bond donors (Lipinski definition) is 0. The highest BCUT2D eigenvalue weighted by Gasteiger charge is 2.06. The molecule has 1 nitrogen and oxygen atoms in total. The van der Waals surface area contributed by atoms with Gasteiger partial charge in [0.2, 0.25) is 0 Å². The third-order valence-corrected chi connectivity index (χ3v) is 3.91. The summed E-state index contributed by atoms with van der Waals surface area (Å²) >= 11 is 5.11. The predicted octanol–water partition coefficient (Wildman–Crippen LogP) is 5.44. The lowest BCUT2D eigenvalue weighted by molar-refractivity contribution is 0.599. The normalized spacial score (nSPS) is 10.6. The van der Waals surface area contributed by atoms with Gasteiger partial charge in [-0.2, -0.15) is 0 Å². The summed E-state index contributed by atoms with van der Waals surface area (Å²) in [6.45, 7) is 0. The Morgan fingerprint density at radius 2 is 1.65 bits per heavy atom. The second-order valence-electron chi connectivity index (χ2n) is 3.65. The van der Waals surface area contributed by atoms with E-state index in [0.717, 1.165) is 26.4 Å². The van der Waals surface area contributed by atoms with E-state index in [1.54, 1.807) is 11.3 Å². The maximum absolute atomic E-state index is 5.85. The molecular formula is C14H9BrOS. The summed E-state index contributed by atoms with van der Waals surface area (Å²) in [5.41, 5.74) is 1.09. The number of furan rings is 1. The molecule has 0 amide bonds. The van der Waals surface area contributed by atoms with Crippen molar-refractivity contribution in [1.29, 1.82) is 0 Å². The van der Waals surface area contributed by atoms with Gasteiger partial charge in [-0.25, -0.2) is 0 Å². The van der Waals surface area contributed by atoms with Crippen LogP contribution >= 0.6 is 27.3 Å². The summed E-state index contributed by atoms with van der Waals surface area (Å²) in [5.74, 6) is 1.83. The average Bonchev–Trinajstić information content (AvgIpc) is 3.00. The van der Waals surface area contributed by atoms with Crippen LogP contribution in [0.25, 0.3) is 22.0 Å². The van der Waals surface area contributed by atoms with Crippen molar-refractivity contribution in [2.45, 2.75) is 0 Å². The molecule has 0 aliphatic heterocycles. The van der Waals surface area contributed by atoms with E-state index in [9.17, 15) is 0 Å². The van der Waals surface area contributed by atoms with Crippen molar-refractivity contribution in [3.63, 3.8) is 0 Å². The zero-order valence-electron chi connectivity index (χ0n) is 8.89. The van der Waals surface area contributed by atoms with Crippen molar-refractivity contribution in [1.82, 2.24) is 0 Å². The standard InChI is InChI=1S/C14H9BrOS/c15-11-5-3-10(4-6-11)12-7-8-13(16-12)14-2-1-9-17-14/h1-9H. The predicted molar refractivity (Wildman–Crippen MR) is 75.2 cm³/mol. The SMILES string of the molecule is Brc1ccc(-c2ccc(-c3cccs3)o2)cc1. The number of hydrogen-bond acceptors (Lipinski definition) is 2. The molecule has 0 bridgehead atoms. The fraction of sp³-hybridized carbons (Fsp3) is 0. The molecular weight excluding hydrogens is 296 g/mol. The van der Waals surface area contributed by atoms with Crippen molar-refractivity contribution < 1.29 is 4.42 Å². The third kappa shape index (κ3) is 2.21. The molecule has 2 aromatic heterocycles. The zero-order valence-corrected chi connectivity index (χ0v) is 11.3. The molecule has 0 saturated carbocycles. The minimum Gasteiger partial charge on any atom is -0.455 e. The van der Waals surface area contributed by atoms with Crippen LogP contribution in [0.3, 0.4) is 0 Å². The number of benzene rings is 1. The fourth-order valence-corrected chi connectivity index (χ4v) is 2.61. The van der Waals surface area contributed by atoms with Gasteiger partial charge in [0, 0.05) is 10.0 Å². The molecule has 0 fully saturated rings. The Hall–Kier alpha value is -1.32. The topological polar surface area (TPSA) is 13.1 Å². The average molecular weight is 305 g/mol. The van der Waals surface area contributed by atoms with Crippen LogP contribution in [0.5, 0.6) is 0 Å². The van der Waals surface area contributed by atoms with E-state index in [1.165, 1.54) is 0 Å². The van der Waals surface area contributed by atoms with Crippen molar-refractivity contribution in [3.8, 4) is 22.0 Å². The van der Waals surface area contributed by atoms with Gasteiger partial charge < -0.3 is 4.42 Å². The van der Waals surface area contributed by atoms with Crippen LogP contribution in [0, 0.1) is 0 Å². The van der Waals surface area contributed by atoms with E-state index in [2.05, 4.69) is 27.4 Å². The summed E-state index contributed by atoms with van der Waals surface area (Å²) in [7, 11) is 0. The first kappa shape index (κ1) is 10.8. The molecule has 1 aromatic carbocycles. The first-order valence-electron chi connectivity index (χ1n) is 5.22. The lowest BCUT2D eigenvalue weighted by Gasteiger charge is -1.97. The Labute approximate surface area is 112 Å². The Morgan fingerprint density at radius 3 is 2.35 bits per heavy atom. The molecule has 3 rings (SSSR count). The van der Waals surface area contributed by atoms with E-state index >= 15 is 0 Å². The van der Waals surface area contributed by atoms with Gasteiger partial charge in [-0.05, 0) is 35.7 Å². The highest BCUT2D eigenvalue weighted by atomic mass is 79.9. The maximum atomic E-state index is 5.85. The molecule has 0 unspecified atom stereocenters. The van der Waals surface area contributed by atoms with E-state index in [4.69, 9.17) is 4.42 Å². The lowest BCUT2D eigenvalue weighted by Crippen LogP contribution is -1.72. The molecule has 0 aliphatic rings. The molecule has 2 heterocycles. The van der Waals surface area contributed by atoms with Gasteiger partial charge in [0.05, 0.1) is 4.88 Å². The van der Waals surface area contributed by atoms with E-state index in [1.807, 2.05) is 42.5 Å². The van der Waals surface area contributed by atoms with Crippen LogP contribution in [0.1, 0.15) is 0 Å². The van der Waals surface area contributed by atoms with Crippen molar-refractivity contribution in [2.24, 2.45) is 0 Å². The highest BCUT2D eigenvalue weighted by Crippen LogP contribution is 2.31. The minimum absolute atomic E-state index is 0.904. The summed E-state index contributed by atoms with van der Waals surface area (Å²) in [4.78, 5) is 1.16. The van der Waals surface area contributed by atoms with Crippen molar-refractivity contribution in [2.75, 3.05) is 0 Å². The zero-order chi connectivity index (χ0) is 11.7. The van der Waals surface area contributed by atoms with E-state index in [-0.39, 0.29) is 0 Å². The van der Waals surface area contributed by atoms with Crippen LogP contribution in [0.4, 0.5) is 0 Å². The molecule has 0 N–H and O–H groups in total. The molecule has 0 saturated heterocycles. The van der Waals surface area contributed by atoms with Gasteiger partial charge in [0.25, 0.3) is 0 Å². The minimum atomic E-state index is 0.904. The third-order valence-electron chi connectivity index (χ3n) is 2.50. The smallest absolute Gasteiger partial charge is 0.144 e. The molecule has 0 radical (unpaired) electrons. The maximum Gasteiger partial charge on any atom is 0.144 e. The Bertz CT molecular complexity index is 608. The molecule has 3 heteroatoms. The highest BCUT2D eigenvalue weighted by molar-refractivity contribution is 9.10. The molecule has 84 valence electrons. The molecule has 17 heavy (non-hydrogen) atoms. The largest absolute Gasteiger partial charge is 0.455 e. The quantitative estimate of drug-likeness (QED) is 0.614. The van der Waals surface area contributed by atoms with Gasteiger partial charge in [0.1, 0.15) is 11.5 Å². The monoisotopic (exact) mass is 304 g/mol. The van der Waals surface area contributed by atoms with Crippen LogP contribution < -0.4 is 0 Å². The number of rotatable bonds is 2. The first-order valence-corrected chi connectivity index (χ1v) is 6.90. The van der Waals surface area contributed by atoms with Crippen LogP contribution in [0.15, 0.2) is 62.8 Å². The van der Waals surface area contributed by atoms with Gasteiger partial charge in [-0.3, -0.25) is 0 Å². The Kier molecular flexibility index (Phi) is 2.87. The Balaban J connectivity index is 1.98. The summed E-state index contributed by atoms with van der Waals surface area (Å²) in [5, 5.41) is 2.05. The first-order chi connectivity index (χ1) is 8.33. The van der Waals surface area contributed by atoms with E-state index in [0.29, 0.717) is 0 Å². The Morgan fingerprint density at radius 1 is 0.882 bits per heavy atom. The number of thiophene rings is 1. The van der Waals surface area contributed by atoms with Gasteiger partial charge in [0.15, 0.2) is 0 Å². The van der Waals surface area contributed by atoms with E-state index < -0.39 is 0 Å². The number of halogens is 1. The molecule has 0 spiro atoms. The van der Waals surface area contributed by atoms with Crippen LogP contribution in [-0.2, 0) is 0 Å². The van der Waals surface area contributed by atoms with Crippen LogP contribution in [0.2, 0.25) is 0 Å². The van der Waals surface area contributed by atoms with Crippen molar-refractivity contribution in [3.05, 3.63) is 58.4 Å². The van der Waals surface area contributed by atoms with Crippen molar-refractivity contribution >= 4 is 27.3 Å². The lowest BCUT2D eigenvalue weighted by atomic mass is 10.2. The summed E-state index contributed by atoms with van der Waals surface area (Å²) in [6, 6.07) is 16.2. The van der Waals surface area contributed by atoms with Gasteiger partial charge in [-0.1, -0.05) is 34.1 Å². The summed E-state index contributed by atoms with van der Waals surface area (Å²) < 4.78 is 6.92. The molecule has 0 atom stereocenters. The van der Waals surface area contributed by atoms with Gasteiger partial charge in [-0.15, -0.1) is 11.3 Å². The molecule has 3 aromatic rings. The second kappa shape index (κ2) is 4.51. The summed E-state index contributed by atoms with van der Waals surface area (Å²) in [6.07, 6.45) is 0. The van der Waals surface area contributed by atoms with Gasteiger partial charge >= 0.3 is 0 Å². The fourth-order valence-electron chi connectivity index (χ4n) is 1.66. The van der Waals surface area contributed by atoms with Crippen LogP contribution in [-0.4, -0.2) is 0 Å². The molecule has 0 aliphatic carbocycles.